The highest BCUT2D eigenvalue weighted by atomic mass is 19.4. The zero-order chi connectivity index (χ0) is 15.7. The molecule has 0 aromatic heterocycles. The number of hydrogen-bond acceptors (Lipinski definition) is 2. The van der Waals surface area contributed by atoms with Gasteiger partial charge in [-0.3, -0.25) is 4.79 Å². The average Bonchev–Trinajstić information content (AvgIpc) is 2.91. The lowest BCUT2D eigenvalue weighted by Crippen LogP contribution is -2.47. The number of alkyl halides is 5. The van der Waals surface area contributed by atoms with Gasteiger partial charge in [0, 0.05) is 13.1 Å². The van der Waals surface area contributed by atoms with Crippen LogP contribution in [0.4, 0.5) is 33.3 Å². The van der Waals surface area contributed by atoms with E-state index >= 15 is 0 Å². The van der Waals surface area contributed by atoms with Crippen LogP contribution in [0.1, 0.15) is 12.8 Å². The molecule has 0 bridgehead atoms. The lowest BCUT2D eigenvalue weighted by atomic mass is 10.2. The minimum absolute atomic E-state index is 0.0478. The van der Waals surface area contributed by atoms with Gasteiger partial charge in [-0.25, -0.2) is 0 Å². The molecule has 0 atom stereocenters. The minimum Gasteiger partial charge on any atom is -0.370 e. The van der Waals surface area contributed by atoms with Crippen LogP contribution in [0.15, 0.2) is 24.3 Å². The van der Waals surface area contributed by atoms with Crippen molar-refractivity contribution in [1.82, 2.24) is 0 Å². The Kier molecular flexibility index (Phi) is 4.06. The van der Waals surface area contributed by atoms with Crippen LogP contribution in [-0.4, -0.2) is 31.1 Å². The van der Waals surface area contributed by atoms with Gasteiger partial charge in [-0.15, -0.1) is 0 Å². The Morgan fingerprint density at radius 1 is 1.05 bits per heavy atom. The molecule has 8 heteroatoms. The number of hydrogen-bond donors (Lipinski definition) is 1. The van der Waals surface area contributed by atoms with Gasteiger partial charge in [-0.2, -0.15) is 22.0 Å². The smallest absolute Gasteiger partial charge is 0.370 e. The number of para-hydroxylation sites is 2. The number of amides is 1. The highest BCUT2D eigenvalue weighted by molar-refractivity contribution is 5.99. The Hall–Kier alpha value is -1.86. The van der Waals surface area contributed by atoms with Crippen molar-refractivity contribution in [2.24, 2.45) is 0 Å². The molecule has 1 amide bonds. The highest BCUT2D eigenvalue weighted by Gasteiger charge is 2.63. The second-order valence-electron chi connectivity index (χ2n) is 4.74. The fourth-order valence-corrected chi connectivity index (χ4v) is 2.14. The van der Waals surface area contributed by atoms with Crippen molar-refractivity contribution in [2.45, 2.75) is 24.9 Å². The maximum Gasteiger partial charge on any atom is 0.463 e. The second kappa shape index (κ2) is 5.50. The number of rotatable bonds is 3. The van der Waals surface area contributed by atoms with Crippen molar-refractivity contribution in [3.05, 3.63) is 24.3 Å². The molecule has 1 heterocycles. The largest absolute Gasteiger partial charge is 0.463 e. The van der Waals surface area contributed by atoms with E-state index < -0.39 is 18.0 Å². The molecule has 0 spiro atoms. The van der Waals surface area contributed by atoms with Gasteiger partial charge in [-0.1, -0.05) is 12.1 Å². The van der Waals surface area contributed by atoms with Gasteiger partial charge in [0.25, 0.3) is 0 Å². The van der Waals surface area contributed by atoms with Gasteiger partial charge in [-0.05, 0) is 25.0 Å². The number of nitrogens with one attached hydrogen (secondary N) is 1. The number of benzene rings is 1. The molecule has 0 radical (unpaired) electrons. The summed E-state index contributed by atoms with van der Waals surface area (Å²) in [5.74, 6) is -7.80. The molecule has 0 saturated carbocycles. The van der Waals surface area contributed by atoms with E-state index in [1.54, 1.807) is 17.4 Å². The van der Waals surface area contributed by atoms with Crippen molar-refractivity contribution in [1.29, 1.82) is 0 Å². The first-order chi connectivity index (χ1) is 9.73. The molecule has 1 aromatic rings. The Bertz CT molecular complexity index is 524. The molecule has 3 nitrogen and oxygen atoms in total. The van der Waals surface area contributed by atoms with Crippen LogP contribution in [0.3, 0.4) is 0 Å². The third kappa shape index (κ3) is 3.08. The van der Waals surface area contributed by atoms with Crippen LogP contribution >= 0.6 is 0 Å². The first-order valence-electron chi connectivity index (χ1n) is 6.33. The van der Waals surface area contributed by atoms with E-state index in [0.29, 0.717) is 18.8 Å². The van der Waals surface area contributed by atoms with Crippen LogP contribution < -0.4 is 10.2 Å². The van der Waals surface area contributed by atoms with Gasteiger partial charge in [0.15, 0.2) is 0 Å². The molecule has 2 rings (SSSR count). The maximum absolute atomic E-state index is 13.0. The normalized spacial score (nSPS) is 16.1. The molecular formula is C13H13F5N2O. The summed E-state index contributed by atoms with van der Waals surface area (Å²) < 4.78 is 62.4. The molecule has 0 unspecified atom stereocenters. The van der Waals surface area contributed by atoms with E-state index in [1.165, 1.54) is 12.1 Å². The quantitative estimate of drug-likeness (QED) is 0.868. The summed E-state index contributed by atoms with van der Waals surface area (Å²) >= 11 is 0. The van der Waals surface area contributed by atoms with E-state index in [1.807, 2.05) is 4.90 Å². The molecule has 1 N–H and O–H groups in total. The van der Waals surface area contributed by atoms with Crippen molar-refractivity contribution in [3.63, 3.8) is 0 Å². The topological polar surface area (TPSA) is 32.3 Å². The van der Waals surface area contributed by atoms with E-state index in [0.717, 1.165) is 12.8 Å². The summed E-state index contributed by atoms with van der Waals surface area (Å²) in [5.41, 5.74) is 0.398. The van der Waals surface area contributed by atoms with Crippen molar-refractivity contribution in [3.8, 4) is 0 Å². The third-order valence-electron chi connectivity index (χ3n) is 3.24. The van der Waals surface area contributed by atoms with Gasteiger partial charge in [0.2, 0.25) is 0 Å². The van der Waals surface area contributed by atoms with Gasteiger partial charge >= 0.3 is 18.0 Å². The maximum atomic E-state index is 13.0. The standard InChI is InChI=1S/C13H13F5N2O/c14-12(15,13(16,17)18)11(21)19-9-5-1-2-6-10(9)20-7-3-4-8-20/h1-2,5-6H,3-4,7-8H2,(H,19,21). The predicted octanol–water partition coefficient (Wildman–Crippen LogP) is 3.42. The van der Waals surface area contributed by atoms with Crippen molar-refractivity contribution < 1.29 is 26.7 Å². The van der Waals surface area contributed by atoms with E-state index in [-0.39, 0.29) is 5.69 Å². The number of carbonyl (C=O) groups excluding carboxylic acids is 1. The molecule has 21 heavy (non-hydrogen) atoms. The summed E-state index contributed by atoms with van der Waals surface area (Å²) in [6.07, 6.45) is -4.11. The Balaban J connectivity index is 2.22. The molecule has 116 valence electrons. The summed E-state index contributed by atoms with van der Waals surface area (Å²) in [4.78, 5) is 13.1. The third-order valence-corrected chi connectivity index (χ3v) is 3.24. The summed E-state index contributed by atoms with van der Waals surface area (Å²) in [5, 5.41) is 1.68. The minimum atomic E-state index is -5.92. The predicted molar refractivity (Wildman–Crippen MR) is 67.5 cm³/mol. The summed E-state index contributed by atoms with van der Waals surface area (Å²) in [7, 11) is 0. The lowest BCUT2D eigenvalue weighted by molar-refractivity contribution is -0.267. The van der Waals surface area contributed by atoms with E-state index in [4.69, 9.17) is 0 Å². The Morgan fingerprint density at radius 3 is 2.19 bits per heavy atom. The number of halogens is 5. The van der Waals surface area contributed by atoms with Gasteiger partial charge in [0.1, 0.15) is 0 Å². The molecule has 1 aliphatic heterocycles. The monoisotopic (exact) mass is 308 g/mol. The first-order valence-corrected chi connectivity index (χ1v) is 6.33. The van der Waals surface area contributed by atoms with Crippen molar-refractivity contribution >= 4 is 17.3 Å². The summed E-state index contributed by atoms with van der Waals surface area (Å²) in [6, 6.07) is 5.97. The van der Waals surface area contributed by atoms with Crippen LogP contribution in [0, 0.1) is 0 Å². The van der Waals surface area contributed by atoms with Crippen molar-refractivity contribution in [2.75, 3.05) is 23.3 Å². The summed E-state index contributed by atoms with van der Waals surface area (Å²) in [6.45, 7) is 1.34. The average molecular weight is 308 g/mol. The van der Waals surface area contributed by atoms with Crippen LogP contribution in [0.5, 0.6) is 0 Å². The van der Waals surface area contributed by atoms with E-state index in [2.05, 4.69) is 0 Å². The zero-order valence-corrected chi connectivity index (χ0v) is 10.9. The van der Waals surface area contributed by atoms with Gasteiger partial charge in [0.05, 0.1) is 11.4 Å². The Labute approximate surface area is 117 Å². The fourth-order valence-electron chi connectivity index (χ4n) is 2.14. The van der Waals surface area contributed by atoms with Crippen LogP contribution in [-0.2, 0) is 4.79 Å². The molecule has 0 aliphatic carbocycles. The molecule has 1 saturated heterocycles. The van der Waals surface area contributed by atoms with E-state index in [9.17, 15) is 26.7 Å². The fraction of sp³-hybridized carbons (Fsp3) is 0.462. The lowest BCUT2D eigenvalue weighted by Gasteiger charge is -2.23. The zero-order valence-electron chi connectivity index (χ0n) is 10.9. The molecule has 1 aromatic carbocycles. The van der Waals surface area contributed by atoms with Crippen LogP contribution in [0.25, 0.3) is 0 Å². The number of carbonyl (C=O) groups is 1. The molecular weight excluding hydrogens is 295 g/mol. The van der Waals surface area contributed by atoms with Gasteiger partial charge < -0.3 is 10.2 Å². The van der Waals surface area contributed by atoms with Crippen LogP contribution in [0.2, 0.25) is 0 Å². The number of anilines is 2. The number of nitrogens with zero attached hydrogens (tertiary/aromatic N) is 1. The highest BCUT2D eigenvalue weighted by Crippen LogP contribution is 2.37. The SMILES string of the molecule is O=C(Nc1ccccc1N1CCCC1)C(F)(F)C(F)(F)F. The Morgan fingerprint density at radius 2 is 1.62 bits per heavy atom. The molecule has 1 fully saturated rings. The second-order valence-corrected chi connectivity index (χ2v) is 4.74. The first kappa shape index (κ1) is 15.5. The molecule has 1 aliphatic rings.